The van der Waals surface area contributed by atoms with Gasteiger partial charge < -0.3 is 19.9 Å². The van der Waals surface area contributed by atoms with Crippen LogP contribution in [0.3, 0.4) is 0 Å². The standard InChI is InChI=1S/C20H31N3O4/c1-23-18(24)20(22-19(23)21,12-14-7-5-4-6-8-14)13-27-17-10-15(25-2)9-16(11-17)26-3/h9-10,14,17H,4-8,11-13H2,1-3H3,(H2,21,22). The summed E-state index contributed by atoms with van der Waals surface area (Å²) in [5.41, 5.74) is 5.06. The minimum Gasteiger partial charge on any atom is -0.501 e. The van der Waals surface area contributed by atoms with Gasteiger partial charge in [0.15, 0.2) is 11.5 Å². The Hall–Kier alpha value is -2.02. The van der Waals surface area contributed by atoms with E-state index in [0.29, 0.717) is 24.5 Å². The SMILES string of the molecule is COC1=CC(OCC2(CC3CCCCC3)N=C(N)N(C)C2=O)CC(OC)=C1. The van der Waals surface area contributed by atoms with Crippen molar-refractivity contribution in [3.8, 4) is 0 Å². The molecular weight excluding hydrogens is 346 g/mol. The van der Waals surface area contributed by atoms with Crippen molar-refractivity contribution in [2.75, 3.05) is 27.9 Å². The van der Waals surface area contributed by atoms with Crippen LogP contribution < -0.4 is 5.73 Å². The number of rotatable bonds is 7. The van der Waals surface area contributed by atoms with E-state index >= 15 is 0 Å². The summed E-state index contributed by atoms with van der Waals surface area (Å²) in [7, 11) is 4.93. The van der Waals surface area contributed by atoms with Gasteiger partial charge in [-0.1, -0.05) is 32.1 Å². The lowest BCUT2D eigenvalue weighted by atomic mass is 9.79. The average Bonchev–Trinajstić information content (AvgIpc) is 2.90. The number of likely N-dealkylation sites (N-methyl/N-ethyl adjacent to an activating group) is 1. The molecule has 1 heterocycles. The summed E-state index contributed by atoms with van der Waals surface area (Å²) < 4.78 is 16.8. The number of hydrogen-bond acceptors (Lipinski definition) is 6. The van der Waals surface area contributed by atoms with Gasteiger partial charge in [-0.3, -0.25) is 9.69 Å². The Morgan fingerprint density at radius 2 is 2.00 bits per heavy atom. The van der Waals surface area contributed by atoms with Crippen molar-refractivity contribution in [3.05, 3.63) is 23.7 Å². The van der Waals surface area contributed by atoms with Crippen molar-refractivity contribution in [1.29, 1.82) is 0 Å². The average molecular weight is 377 g/mol. The molecule has 7 heteroatoms. The van der Waals surface area contributed by atoms with Crippen LogP contribution in [0.15, 0.2) is 28.7 Å². The van der Waals surface area contributed by atoms with E-state index in [2.05, 4.69) is 4.99 Å². The molecule has 1 amide bonds. The molecule has 2 aliphatic carbocycles. The van der Waals surface area contributed by atoms with Crippen LogP contribution in [0, 0.1) is 5.92 Å². The van der Waals surface area contributed by atoms with Crippen molar-refractivity contribution < 1.29 is 19.0 Å². The highest BCUT2D eigenvalue weighted by Crippen LogP contribution is 2.36. The molecule has 3 rings (SSSR count). The minimum atomic E-state index is -0.920. The molecule has 0 aromatic heterocycles. The van der Waals surface area contributed by atoms with Crippen LogP contribution >= 0.6 is 0 Å². The van der Waals surface area contributed by atoms with E-state index in [1.807, 2.05) is 12.2 Å². The summed E-state index contributed by atoms with van der Waals surface area (Å²) in [6.07, 6.45) is 10.8. The largest absolute Gasteiger partial charge is 0.501 e. The molecule has 2 unspecified atom stereocenters. The molecule has 0 aromatic rings. The molecular formula is C20H31N3O4. The molecule has 1 aliphatic heterocycles. The van der Waals surface area contributed by atoms with E-state index < -0.39 is 5.54 Å². The van der Waals surface area contributed by atoms with E-state index in [-0.39, 0.29) is 24.6 Å². The second kappa shape index (κ2) is 8.33. The number of nitrogens with zero attached hydrogens (tertiary/aromatic N) is 2. The fourth-order valence-electron chi connectivity index (χ4n) is 4.24. The van der Waals surface area contributed by atoms with Crippen LogP contribution in [0.4, 0.5) is 0 Å². The summed E-state index contributed by atoms with van der Waals surface area (Å²) in [5.74, 6) is 2.18. The number of ether oxygens (including phenoxy) is 3. The molecule has 2 N–H and O–H groups in total. The summed E-state index contributed by atoms with van der Waals surface area (Å²) >= 11 is 0. The van der Waals surface area contributed by atoms with E-state index in [9.17, 15) is 4.79 Å². The van der Waals surface area contributed by atoms with Crippen LogP contribution in [-0.2, 0) is 19.0 Å². The van der Waals surface area contributed by atoms with Gasteiger partial charge in [0.25, 0.3) is 5.91 Å². The summed E-state index contributed by atoms with van der Waals surface area (Å²) in [6.45, 7) is 0.211. The molecule has 1 saturated carbocycles. The van der Waals surface area contributed by atoms with Crippen LogP contribution in [-0.4, -0.2) is 56.3 Å². The number of aliphatic imine (C=N–C) groups is 1. The number of amides is 1. The van der Waals surface area contributed by atoms with Crippen molar-refractivity contribution in [3.63, 3.8) is 0 Å². The van der Waals surface area contributed by atoms with Gasteiger partial charge in [-0.15, -0.1) is 0 Å². The van der Waals surface area contributed by atoms with Gasteiger partial charge >= 0.3 is 0 Å². The first-order valence-electron chi connectivity index (χ1n) is 9.73. The number of hydrogen-bond donors (Lipinski definition) is 1. The van der Waals surface area contributed by atoms with Gasteiger partial charge in [-0.25, -0.2) is 4.99 Å². The van der Waals surface area contributed by atoms with Crippen LogP contribution in [0.5, 0.6) is 0 Å². The third kappa shape index (κ3) is 4.29. The Balaban J connectivity index is 1.73. The van der Waals surface area contributed by atoms with E-state index in [1.54, 1.807) is 21.3 Å². The summed E-state index contributed by atoms with van der Waals surface area (Å²) in [6, 6.07) is 0. The third-order valence-electron chi connectivity index (χ3n) is 5.82. The summed E-state index contributed by atoms with van der Waals surface area (Å²) in [4.78, 5) is 19.0. The predicted molar refractivity (Wildman–Crippen MR) is 103 cm³/mol. The molecule has 7 nitrogen and oxygen atoms in total. The lowest BCUT2D eigenvalue weighted by molar-refractivity contribution is -0.134. The maximum absolute atomic E-state index is 13.0. The lowest BCUT2D eigenvalue weighted by Gasteiger charge is -2.32. The quantitative estimate of drug-likeness (QED) is 0.736. The van der Waals surface area contributed by atoms with Crippen LogP contribution in [0.1, 0.15) is 44.9 Å². The zero-order valence-corrected chi connectivity index (χ0v) is 16.6. The second-order valence-electron chi connectivity index (χ2n) is 7.72. The van der Waals surface area contributed by atoms with Crippen LogP contribution in [0.2, 0.25) is 0 Å². The third-order valence-corrected chi connectivity index (χ3v) is 5.82. The summed E-state index contributed by atoms with van der Waals surface area (Å²) in [5, 5.41) is 0. The number of carbonyl (C=O) groups excluding carboxylic acids is 1. The van der Waals surface area contributed by atoms with Crippen molar-refractivity contribution in [2.24, 2.45) is 16.6 Å². The van der Waals surface area contributed by atoms with E-state index in [4.69, 9.17) is 19.9 Å². The molecule has 27 heavy (non-hydrogen) atoms. The highest BCUT2D eigenvalue weighted by atomic mass is 16.5. The lowest BCUT2D eigenvalue weighted by Crippen LogP contribution is -2.47. The normalized spacial score (nSPS) is 29.3. The number of nitrogens with two attached hydrogens (primary N) is 1. The second-order valence-corrected chi connectivity index (χ2v) is 7.72. The zero-order chi connectivity index (χ0) is 19.4. The predicted octanol–water partition coefficient (Wildman–Crippen LogP) is 2.33. The Kier molecular flexibility index (Phi) is 6.09. The number of carbonyl (C=O) groups is 1. The molecule has 3 aliphatic rings. The highest BCUT2D eigenvalue weighted by molar-refractivity contribution is 6.06. The Labute approximate surface area is 161 Å². The molecule has 0 spiro atoms. The van der Waals surface area contributed by atoms with Gasteiger partial charge in [0.05, 0.1) is 26.9 Å². The van der Waals surface area contributed by atoms with Crippen molar-refractivity contribution in [1.82, 2.24) is 4.90 Å². The monoisotopic (exact) mass is 377 g/mol. The number of methoxy groups -OCH3 is 2. The molecule has 0 saturated heterocycles. The van der Waals surface area contributed by atoms with Gasteiger partial charge in [0, 0.05) is 19.5 Å². The number of guanidine groups is 1. The van der Waals surface area contributed by atoms with Crippen LogP contribution in [0.25, 0.3) is 0 Å². The van der Waals surface area contributed by atoms with E-state index in [0.717, 1.165) is 18.6 Å². The topological polar surface area (TPSA) is 86.4 Å². The smallest absolute Gasteiger partial charge is 0.259 e. The highest BCUT2D eigenvalue weighted by Gasteiger charge is 2.48. The molecule has 0 aromatic carbocycles. The fraction of sp³-hybridized carbons (Fsp3) is 0.700. The first-order chi connectivity index (χ1) is 13.0. The maximum Gasteiger partial charge on any atom is 0.259 e. The first-order valence-corrected chi connectivity index (χ1v) is 9.73. The molecule has 0 bridgehead atoms. The fourth-order valence-corrected chi connectivity index (χ4v) is 4.24. The molecule has 0 radical (unpaired) electrons. The van der Waals surface area contributed by atoms with Gasteiger partial charge in [-0.2, -0.15) is 0 Å². The van der Waals surface area contributed by atoms with Crippen molar-refractivity contribution >= 4 is 11.9 Å². The van der Waals surface area contributed by atoms with Crippen molar-refractivity contribution in [2.45, 2.75) is 56.6 Å². The maximum atomic E-state index is 13.0. The first kappa shape index (κ1) is 19.7. The van der Waals surface area contributed by atoms with Gasteiger partial charge in [0.1, 0.15) is 11.5 Å². The number of allylic oxidation sites excluding steroid dienone is 1. The Morgan fingerprint density at radius 3 is 2.59 bits per heavy atom. The molecule has 150 valence electrons. The molecule has 1 fully saturated rings. The van der Waals surface area contributed by atoms with Gasteiger partial charge in [-0.05, 0) is 18.4 Å². The Morgan fingerprint density at radius 1 is 1.26 bits per heavy atom. The molecule has 2 atom stereocenters. The minimum absolute atomic E-state index is 0.0696. The Bertz CT molecular complexity index is 652. The zero-order valence-electron chi connectivity index (χ0n) is 16.6. The van der Waals surface area contributed by atoms with Gasteiger partial charge in [0.2, 0.25) is 0 Å². The van der Waals surface area contributed by atoms with E-state index in [1.165, 1.54) is 24.2 Å².